The molecule has 84 valence electrons. The molecule has 15 heavy (non-hydrogen) atoms. The van der Waals surface area contributed by atoms with Crippen LogP contribution in [0.25, 0.3) is 0 Å². The maximum atomic E-state index is 9.29. The predicted octanol–water partition coefficient (Wildman–Crippen LogP) is 1.71. The molecule has 1 aromatic rings. The van der Waals surface area contributed by atoms with Gasteiger partial charge in [0, 0.05) is 17.5 Å². The Morgan fingerprint density at radius 3 is 2.87 bits per heavy atom. The molecule has 1 aromatic heterocycles. The van der Waals surface area contributed by atoms with E-state index < -0.39 is 0 Å². The molecule has 0 saturated heterocycles. The molecule has 2 rings (SSSR count). The predicted molar refractivity (Wildman–Crippen MR) is 62.0 cm³/mol. The molecule has 1 aliphatic rings. The second kappa shape index (κ2) is 4.60. The molecule has 0 amide bonds. The van der Waals surface area contributed by atoms with E-state index in [-0.39, 0.29) is 12.1 Å². The Morgan fingerprint density at radius 1 is 1.60 bits per heavy atom. The van der Waals surface area contributed by atoms with Crippen LogP contribution in [-0.2, 0) is 13.0 Å². The third kappa shape index (κ3) is 2.38. The van der Waals surface area contributed by atoms with Crippen LogP contribution in [0.5, 0.6) is 0 Å². The minimum absolute atomic E-state index is 0.00397. The minimum Gasteiger partial charge on any atom is -0.394 e. The average Bonchev–Trinajstić information content (AvgIpc) is 2.65. The van der Waals surface area contributed by atoms with Crippen molar-refractivity contribution in [3.8, 4) is 0 Å². The lowest BCUT2D eigenvalue weighted by molar-refractivity contribution is 0.0869. The van der Waals surface area contributed by atoms with Gasteiger partial charge in [-0.3, -0.25) is 0 Å². The summed E-state index contributed by atoms with van der Waals surface area (Å²) in [5.41, 5.74) is 1.10. The van der Waals surface area contributed by atoms with E-state index in [1.54, 1.807) is 11.3 Å². The Balaban J connectivity index is 1.86. The topological polar surface area (TPSA) is 45.2 Å². The number of aliphatic hydroxyl groups excluding tert-OH is 1. The van der Waals surface area contributed by atoms with Gasteiger partial charge < -0.3 is 10.4 Å². The summed E-state index contributed by atoms with van der Waals surface area (Å²) >= 11 is 1.72. The second-order valence-corrected chi connectivity index (χ2v) is 5.17. The molecular formula is C11H18N2OS. The molecule has 2 N–H and O–H groups in total. The van der Waals surface area contributed by atoms with E-state index in [1.807, 2.05) is 0 Å². The van der Waals surface area contributed by atoms with E-state index in [0.29, 0.717) is 0 Å². The summed E-state index contributed by atoms with van der Waals surface area (Å²) in [6.07, 6.45) is 4.42. The van der Waals surface area contributed by atoms with Crippen molar-refractivity contribution in [3.63, 3.8) is 0 Å². The molecule has 0 spiro atoms. The molecule has 0 atom stereocenters. The summed E-state index contributed by atoms with van der Waals surface area (Å²) in [5, 5.41) is 16.0. The highest BCUT2D eigenvalue weighted by Crippen LogP contribution is 2.31. The molecule has 1 fully saturated rings. The first-order valence-corrected chi connectivity index (χ1v) is 6.45. The summed E-state index contributed by atoms with van der Waals surface area (Å²) < 4.78 is 0. The first-order valence-electron chi connectivity index (χ1n) is 5.57. The fraction of sp³-hybridized carbons (Fsp3) is 0.727. The molecule has 3 nitrogen and oxygen atoms in total. The molecular weight excluding hydrogens is 208 g/mol. The first kappa shape index (κ1) is 11.0. The molecule has 0 aliphatic heterocycles. The number of aromatic nitrogens is 1. The van der Waals surface area contributed by atoms with Crippen molar-refractivity contribution in [1.29, 1.82) is 0 Å². The Bertz CT molecular complexity index is 315. The van der Waals surface area contributed by atoms with Gasteiger partial charge in [0.25, 0.3) is 0 Å². The largest absolute Gasteiger partial charge is 0.394 e. The van der Waals surface area contributed by atoms with E-state index in [9.17, 15) is 5.11 Å². The van der Waals surface area contributed by atoms with Gasteiger partial charge in [-0.05, 0) is 25.7 Å². The summed E-state index contributed by atoms with van der Waals surface area (Å²) in [5.74, 6) is 0. The SMILES string of the molecule is CCc1nc(CNC2(CO)CCC2)cs1. The Labute approximate surface area is 94.5 Å². The number of rotatable bonds is 5. The van der Waals surface area contributed by atoms with E-state index in [2.05, 4.69) is 22.6 Å². The molecule has 0 unspecified atom stereocenters. The molecule has 4 heteroatoms. The van der Waals surface area contributed by atoms with Crippen LogP contribution in [0.4, 0.5) is 0 Å². The number of hydrogen-bond acceptors (Lipinski definition) is 4. The van der Waals surface area contributed by atoms with Crippen molar-refractivity contribution >= 4 is 11.3 Å². The Morgan fingerprint density at radius 2 is 2.40 bits per heavy atom. The molecule has 1 heterocycles. The lowest BCUT2D eigenvalue weighted by Crippen LogP contribution is -2.53. The normalized spacial score (nSPS) is 18.8. The van der Waals surface area contributed by atoms with Gasteiger partial charge in [0.1, 0.15) is 0 Å². The zero-order valence-electron chi connectivity index (χ0n) is 9.12. The van der Waals surface area contributed by atoms with Crippen molar-refractivity contribution in [1.82, 2.24) is 10.3 Å². The number of aliphatic hydroxyl groups is 1. The van der Waals surface area contributed by atoms with Crippen LogP contribution < -0.4 is 5.32 Å². The number of nitrogens with one attached hydrogen (secondary N) is 1. The van der Waals surface area contributed by atoms with E-state index in [0.717, 1.165) is 31.5 Å². The lowest BCUT2D eigenvalue weighted by Gasteiger charge is -2.41. The van der Waals surface area contributed by atoms with Gasteiger partial charge in [0.2, 0.25) is 0 Å². The zero-order chi connectivity index (χ0) is 10.7. The maximum absolute atomic E-state index is 9.29. The van der Waals surface area contributed by atoms with Gasteiger partial charge in [-0.1, -0.05) is 6.92 Å². The fourth-order valence-corrected chi connectivity index (χ4v) is 2.61. The summed E-state index contributed by atoms with van der Waals surface area (Å²) in [7, 11) is 0. The molecule has 1 saturated carbocycles. The average molecular weight is 226 g/mol. The van der Waals surface area contributed by atoms with Gasteiger partial charge in [-0.25, -0.2) is 4.98 Å². The monoisotopic (exact) mass is 226 g/mol. The Kier molecular flexibility index (Phi) is 3.38. The molecule has 1 aliphatic carbocycles. The number of aryl methyl sites for hydroxylation is 1. The van der Waals surface area contributed by atoms with Gasteiger partial charge in [0.05, 0.1) is 17.3 Å². The third-order valence-electron chi connectivity index (χ3n) is 3.16. The van der Waals surface area contributed by atoms with Crippen LogP contribution in [0.3, 0.4) is 0 Å². The molecule has 0 radical (unpaired) electrons. The van der Waals surface area contributed by atoms with Gasteiger partial charge in [-0.2, -0.15) is 0 Å². The van der Waals surface area contributed by atoms with Gasteiger partial charge in [0.15, 0.2) is 0 Å². The highest BCUT2D eigenvalue weighted by molar-refractivity contribution is 7.09. The van der Waals surface area contributed by atoms with Crippen LogP contribution in [0.2, 0.25) is 0 Å². The van der Waals surface area contributed by atoms with Crippen LogP contribution in [-0.4, -0.2) is 22.2 Å². The number of thiazole rings is 1. The fourth-order valence-electron chi connectivity index (χ4n) is 1.86. The number of nitrogens with zero attached hydrogens (tertiary/aromatic N) is 1. The van der Waals surface area contributed by atoms with Crippen molar-refractivity contribution in [2.75, 3.05) is 6.61 Å². The smallest absolute Gasteiger partial charge is 0.0926 e. The van der Waals surface area contributed by atoms with Gasteiger partial charge in [-0.15, -0.1) is 11.3 Å². The van der Waals surface area contributed by atoms with Crippen molar-refractivity contribution in [2.24, 2.45) is 0 Å². The van der Waals surface area contributed by atoms with E-state index >= 15 is 0 Å². The van der Waals surface area contributed by atoms with Gasteiger partial charge >= 0.3 is 0 Å². The summed E-state index contributed by atoms with van der Waals surface area (Å²) in [6, 6.07) is 0. The maximum Gasteiger partial charge on any atom is 0.0926 e. The zero-order valence-corrected chi connectivity index (χ0v) is 9.94. The third-order valence-corrected chi connectivity index (χ3v) is 4.20. The quantitative estimate of drug-likeness (QED) is 0.803. The van der Waals surface area contributed by atoms with Crippen LogP contribution in [0.15, 0.2) is 5.38 Å². The van der Waals surface area contributed by atoms with E-state index in [1.165, 1.54) is 11.4 Å². The minimum atomic E-state index is -0.00397. The lowest BCUT2D eigenvalue weighted by atomic mass is 9.77. The highest BCUT2D eigenvalue weighted by atomic mass is 32.1. The highest BCUT2D eigenvalue weighted by Gasteiger charge is 2.35. The molecule has 0 bridgehead atoms. The van der Waals surface area contributed by atoms with Crippen molar-refractivity contribution < 1.29 is 5.11 Å². The van der Waals surface area contributed by atoms with E-state index in [4.69, 9.17) is 0 Å². The van der Waals surface area contributed by atoms with Crippen molar-refractivity contribution in [3.05, 3.63) is 16.1 Å². The van der Waals surface area contributed by atoms with Crippen molar-refractivity contribution in [2.45, 2.75) is 44.7 Å². The van der Waals surface area contributed by atoms with Crippen LogP contribution in [0.1, 0.15) is 36.9 Å². The van der Waals surface area contributed by atoms with Crippen LogP contribution in [0, 0.1) is 0 Å². The molecule has 0 aromatic carbocycles. The summed E-state index contributed by atoms with van der Waals surface area (Å²) in [4.78, 5) is 4.50. The standard InChI is InChI=1S/C11H18N2OS/c1-2-10-13-9(7-15-10)6-12-11(8-14)4-3-5-11/h7,12,14H,2-6,8H2,1H3. The summed E-state index contributed by atoms with van der Waals surface area (Å²) in [6.45, 7) is 3.16. The first-order chi connectivity index (χ1) is 7.28. The number of hydrogen-bond donors (Lipinski definition) is 2. The Hall–Kier alpha value is -0.450. The van der Waals surface area contributed by atoms with Crippen LogP contribution >= 0.6 is 11.3 Å². The second-order valence-electron chi connectivity index (χ2n) is 4.23.